The van der Waals surface area contributed by atoms with Crippen molar-refractivity contribution in [2.45, 2.75) is 32.1 Å². The highest BCUT2D eigenvalue weighted by Gasteiger charge is 2.15. The number of aromatic nitrogens is 1. The van der Waals surface area contributed by atoms with Crippen molar-refractivity contribution < 1.29 is 9.47 Å². The van der Waals surface area contributed by atoms with Gasteiger partial charge in [0.05, 0.1) is 6.10 Å². The van der Waals surface area contributed by atoms with Crippen LogP contribution in [0.25, 0.3) is 0 Å². The number of hydrogen-bond acceptors (Lipinski definition) is 4. The molecular formula is C20H26N4O2. The first kappa shape index (κ1) is 18.2. The first-order valence-electron chi connectivity index (χ1n) is 9.01. The Labute approximate surface area is 154 Å². The molecule has 3 rings (SSSR count). The molecule has 0 aliphatic carbocycles. The third kappa shape index (κ3) is 5.74. The van der Waals surface area contributed by atoms with Crippen LogP contribution >= 0.6 is 0 Å². The summed E-state index contributed by atoms with van der Waals surface area (Å²) in [5, 5.41) is 6.62. The minimum atomic E-state index is 0.285. The summed E-state index contributed by atoms with van der Waals surface area (Å²) in [7, 11) is 1.77. The zero-order valence-electron chi connectivity index (χ0n) is 15.1. The van der Waals surface area contributed by atoms with Gasteiger partial charge < -0.3 is 20.1 Å². The molecule has 138 valence electrons. The lowest BCUT2D eigenvalue weighted by Crippen LogP contribution is -2.40. The predicted octanol–water partition coefficient (Wildman–Crippen LogP) is 2.50. The predicted molar refractivity (Wildman–Crippen MR) is 102 cm³/mol. The van der Waals surface area contributed by atoms with Gasteiger partial charge in [0.25, 0.3) is 0 Å². The van der Waals surface area contributed by atoms with Crippen molar-refractivity contribution in [3.8, 4) is 5.88 Å². The van der Waals surface area contributed by atoms with Crippen LogP contribution < -0.4 is 15.4 Å². The lowest BCUT2D eigenvalue weighted by atomic mass is 10.2. The molecule has 1 saturated heterocycles. The molecule has 1 fully saturated rings. The van der Waals surface area contributed by atoms with Gasteiger partial charge in [0.2, 0.25) is 5.88 Å². The summed E-state index contributed by atoms with van der Waals surface area (Å²) in [5.41, 5.74) is 2.21. The highest BCUT2D eigenvalue weighted by molar-refractivity contribution is 5.79. The van der Waals surface area contributed by atoms with E-state index in [1.807, 2.05) is 42.5 Å². The second-order valence-corrected chi connectivity index (χ2v) is 6.22. The molecule has 0 bridgehead atoms. The van der Waals surface area contributed by atoms with Gasteiger partial charge in [-0.15, -0.1) is 0 Å². The lowest BCUT2D eigenvalue weighted by molar-refractivity contribution is 0.114. The van der Waals surface area contributed by atoms with Crippen LogP contribution in [0.2, 0.25) is 0 Å². The van der Waals surface area contributed by atoms with Crippen molar-refractivity contribution in [1.29, 1.82) is 0 Å². The average Bonchev–Trinajstić information content (AvgIpc) is 3.21. The van der Waals surface area contributed by atoms with Gasteiger partial charge in [-0.3, -0.25) is 4.99 Å². The molecular weight excluding hydrogens is 328 g/mol. The number of ether oxygens (including phenoxy) is 2. The van der Waals surface area contributed by atoms with E-state index in [2.05, 4.69) is 20.6 Å². The highest BCUT2D eigenvalue weighted by atomic mass is 16.5. The number of hydrogen-bond donors (Lipinski definition) is 2. The lowest BCUT2D eigenvalue weighted by Gasteiger charge is -2.15. The maximum Gasteiger partial charge on any atom is 0.213 e. The SMILES string of the molecule is CN=C(NCc1ccnc(OCc2ccccc2)c1)NCC1CCCO1. The van der Waals surface area contributed by atoms with Gasteiger partial charge in [-0.2, -0.15) is 0 Å². The van der Waals surface area contributed by atoms with Crippen molar-refractivity contribution in [2.24, 2.45) is 4.99 Å². The zero-order chi connectivity index (χ0) is 18.0. The molecule has 2 aromatic rings. The number of guanidine groups is 1. The maximum absolute atomic E-state index is 5.78. The number of pyridine rings is 1. The number of benzene rings is 1. The number of nitrogens with one attached hydrogen (secondary N) is 2. The fraction of sp³-hybridized carbons (Fsp3) is 0.400. The second kappa shape index (κ2) is 9.77. The third-order valence-corrected chi connectivity index (χ3v) is 4.23. The second-order valence-electron chi connectivity index (χ2n) is 6.22. The minimum Gasteiger partial charge on any atom is -0.473 e. The van der Waals surface area contributed by atoms with Gasteiger partial charge in [0.15, 0.2) is 5.96 Å². The van der Waals surface area contributed by atoms with Crippen LogP contribution in [-0.2, 0) is 17.9 Å². The summed E-state index contributed by atoms with van der Waals surface area (Å²) >= 11 is 0. The van der Waals surface area contributed by atoms with E-state index in [9.17, 15) is 0 Å². The van der Waals surface area contributed by atoms with E-state index in [-0.39, 0.29) is 6.10 Å². The number of nitrogens with zero attached hydrogens (tertiary/aromatic N) is 2. The molecule has 2 N–H and O–H groups in total. The summed E-state index contributed by atoms with van der Waals surface area (Å²) in [6, 6.07) is 14.0. The Morgan fingerprint density at radius 3 is 2.88 bits per heavy atom. The van der Waals surface area contributed by atoms with E-state index in [0.717, 1.165) is 43.1 Å². The number of aliphatic imine (C=N–C) groups is 1. The molecule has 0 saturated carbocycles. The molecule has 1 aliphatic heterocycles. The van der Waals surface area contributed by atoms with E-state index in [1.165, 1.54) is 0 Å². The van der Waals surface area contributed by atoms with Gasteiger partial charge >= 0.3 is 0 Å². The molecule has 1 atom stereocenters. The fourth-order valence-corrected chi connectivity index (χ4v) is 2.79. The van der Waals surface area contributed by atoms with Crippen molar-refractivity contribution in [3.05, 3.63) is 59.8 Å². The highest BCUT2D eigenvalue weighted by Crippen LogP contribution is 2.12. The Bertz CT molecular complexity index is 700. The minimum absolute atomic E-state index is 0.285. The molecule has 0 spiro atoms. The standard InChI is InChI=1S/C20H26N4O2/c1-21-20(24-14-18-8-5-11-25-18)23-13-17-9-10-22-19(12-17)26-15-16-6-3-2-4-7-16/h2-4,6-7,9-10,12,18H,5,8,11,13-15H2,1H3,(H2,21,23,24). The monoisotopic (exact) mass is 354 g/mol. The van der Waals surface area contributed by atoms with Gasteiger partial charge in [0, 0.05) is 39.0 Å². The quantitative estimate of drug-likeness (QED) is 0.591. The first-order chi connectivity index (χ1) is 12.8. The summed E-state index contributed by atoms with van der Waals surface area (Å²) < 4.78 is 11.4. The topological polar surface area (TPSA) is 67.8 Å². The Morgan fingerprint density at radius 2 is 2.12 bits per heavy atom. The summed E-state index contributed by atoms with van der Waals surface area (Å²) in [6.45, 7) is 2.80. The Balaban J connectivity index is 1.46. The van der Waals surface area contributed by atoms with Crippen LogP contribution in [0.15, 0.2) is 53.7 Å². The van der Waals surface area contributed by atoms with E-state index < -0.39 is 0 Å². The van der Waals surface area contributed by atoms with Gasteiger partial charge in [0.1, 0.15) is 6.61 Å². The molecule has 6 nitrogen and oxygen atoms in total. The smallest absolute Gasteiger partial charge is 0.213 e. The van der Waals surface area contributed by atoms with Gasteiger partial charge in [-0.25, -0.2) is 4.98 Å². The molecule has 6 heteroatoms. The largest absolute Gasteiger partial charge is 0.473 e. The molecule has 1 aromatic heterocycles. The van der Waals surface area contributed by atoms with Crippen molar-refractivity contribution in [3.63, 3.8) is 0 Å². The maximum atomic E-state index is 5.78. The van der Waals surface area contributed by atoms with Gasteiger partial charge in [-0.1, -0.05) is 30.3 Å². The fourth-order valence-electron chi connectivity index (χ4n) is 2.79. The Morgan fingerprint density at radius 1 is 1.23 bits per heavy atom. The Kier molecular flexibility index (Phi) is 6.84. The molecule has 1 aliphatic rings. The normalized spacial score (nSPS) is 17.1. The van der Waals surface area contributed by atoms with Gasteiger partial charge in [-0.05, 0) is 30.0 Å². The molecule has 0 radical (unpaired) electrons. The van der Waals surface area contributed by atoms with Crippen LogP contribution in [0, 0.1) is 0 Å². The van der Waals surface area contributed by atoms with Crippen molar-refractivity contribution in [2.75, 3.05) is 20.2 Å². The van der Waals surface area contributed by atoms with E-state index in [1.54, 1.807) is 13.2 Å². The van der Waals surface area contributed by atoms with Crippen LogP contribution in [-0.4, -0.2) is 37.2 Å². The van der Waals surface area contributed by atoms with Crippen LogP contribution in [0.3, 0.4) is 0 Å². The van der Waals surface area contributed by atoms with Crippen molar-refractivity contribution in [1.82, 2.24) is 15.6 Å². The molecule has 0 amide bonds. The van der Waals surface area contributed by atoms with E-state index in [4.69, 9.17) is 9.47 Å². The molecule has 2 heterocycles. The summed E-state index contributed by atoms with van der Waals surface area (Å²) in [6.07, 6.45) is 4.30. The number of rotatable bonds is 7. The summed E-state index contributed by atoms with van der Waals surface area (Å²) in [4.78, 5) is 8.53. The molecule has 1 aromatic carbocycles. The van der Waals surface area contributed by atoms with Crippen LogP contribution in [0.5, 0.6) is 5.88 Å². The average molecular weight is 354 g/mol. The van der Waals surface area contributed by atoms with E-state index in [0.29, 0.717) is 19.0 Å². The van der Waals surface area contributed by atoms with Crippen molar-refractivity contribution >= 4 is 5.96 Å². The molecule has 26 heavy (non-hydrogen) atoms. The summed E-state index contributed by atoms with van der Waals surface area (Å²) in [5.74, 6) is 1.39. The van der Waals surface area contributed by atoms with Crippen LogP contribution in [0.4, 0.5) is 0 Å². The molecule has 1 unspecified atom stereocenters. The van der Waals surface area contributed by atoms with E-state index >= 15 is 0 Å². The third-order valence-electron chi connectivity index (χ3n) is 4.23. The zero-order valence-corrected chi connectivity index (χ0v) is 15.1. The first-order valence-corrected chi connectivity index (χ1v) is 9.01. The Hall–Kier alpha value is -2.60. The van der Waals surface area contributed by atoms with Crippen LogP contribution in [0.1, 0.15) is 24.0 Å².